The third-order valence-corrected chi connectivity index (χ3v) is 2.67. The van der Waals surface area contributed by atoms with Crippen LogP contribution in [0.4, 0.5) is 17.3 Å². The van der Waals surface area contributed by atoms with Crippen LogP contribution in [0.15, 0.2) is 30.6 Å². The van der Waals surface area contributed by atoms with Gasteiger partial charge in [0.25, 0.3) is 0 Å². The van der Waals surface area contributed by atoms with E-state index in [0.29, 0.717) is 5.75 Å². The van der Waals surface area contributed by atoms with Gasteiger partial charge in [0.15, 0.2) is 11.6 Å². The number of anilines is 3. The van der Waals surface area contributed by atoms with Crippen molar-refractivity contribution in [1.82, 2.24) is 9.97 Å². The van der Waals surface area contributed by atoms with Crippen molar-refractivity contribution in [2.45, 2.75) is 6.42 Å². The largest absolute Gasteiger partial charge is 0.497 e. The van der Waals surface area contributed by atoms with Crippen molar-refractivity contribution in [1.29, 1.82) is 0 Å². The molecule has 0 unspecified atom stereocenters. The van der Waals surface area contributed by atoms with Gasteiger partial charge in [-0.1, -0.05) is 12.1 Å². The number of rotatable bonds is 4. The van der Waals surface area contributed by atoms with E-state index >= 15 is 0 Å². The van der Waals surface area contributed by atoms with Gasteiger partial charge in [-0.2, -0.15) is 0 Å². The first-order valence-corrected chi connectivity index (χ1v) is 5.89. The van der Waals surface area contributed by atoms with Gasteiger partial charge in [-0.15, -0.1) is 12.4 Å². The first-order chi connectivity index (χ1) is 9.60. The topological polar surface area (TPSA) is 116 Å². The molecule has 5 N–H and O–H groups in total. The number of carbonyl (C=O) groups is 1. The first-order valence-electron chi connectivity index (χ1n) is 5.89. The third-order valence-electron chi connectivity index (χ3n) is 2.67. The highest BCUT2D eigenvalue weighted by Gasteiger charge is 2.11. The monoisotopic (exact) mass is 309 g/mol. The Balaban J connectivity index is 0.00000220. The van der Waals surface area contributed by atoms with E-state index in [2.05, 4.69) is 15.3 Å². The van der Waals surface area contributed by atoms with Gasteiger partial charge in [0.05, 0.1) is 13.5 Å². The van der Waals surface area contributed by atoms with E-state index in [1.807, 2.05) is 18.2 Å². The molecule has 0 radical (unpaired) electrons. The number of nitrogens with two attached hydrogens (primary N) is 2. The molecular weight excluding hydrogens is 294 g/mol. The van der Waals surface area contributed by atoms with Crippen molar-refractivity contribution in [2.75, 3.05) is 23.9 Å². The average molecular weight is 310 g/mol. The molecule has 1 amide bonds. The zero-order valence-corrected chi connectivity index (χ0v) is 12.2. The maximum absolute atomic E-state index is 12.0. The number of hydrogen-bond acceptors (Lipinski definition) is 6. The highest BCUT2D eigenvalue weighted by atomic mass is 35.5. The molecule has 1 aromatic heterocycles. The number of nitrogens with zero attached hydrogens (tertiary/aromatic N) is 2. The Morgan fingerprint density at radius 1 is 1.29 bits per heavy atom. The molecule has 0 fully saturated rings. The number of halogens is 1. The summed E-state index contributed by atoms with van der Waals surface area (Å²) in [6.45, 7) is 0. The molecule has 0 saturated heterocycles. The third kappa shape index (κ3) is 4.22. The van der Waals surface area contributed by atoms with Crippen molar-refractivity contribution >= 4 is 35.6 Å². The van der Waals surface area contributed by atoms with Gasteiger partial charge in [0.1, 0.15) is 17.8 Å². The summed E-state index contributed by atoms with van der Waals surface area (Å²) in [4.78, 5) is 19.5. The Morgan fingerprint density at radius 3 is 2.57 bits per heavy atom. The van der Waals surface area contributed by atoms with Crippen LogP contribution in [0.3, 0.4) is 0 Å². The Kier molecular flexibility index (Phi) is 5.74. The lowest BCUT2D eigenvalue weighted by Crippen LogP contribution is -2.17. The molecule has 0 atom stereocenters. The summed E-state index contributed by atoms with van der Waals surface area (Å²) in [5.74, 6) is 0.705. The molecule has 8 heteroatoms. The van der Waals surface area contributed by atoms with E-state index in [9.17, 15) is 4.79 Å². The van der Waals surface area contributed by atoms with Crippen LogP contribution in [0.2, 0.25) is 0 Å². The SMILES string of the molecule is COc1cccc(CC(=O)Nc2c(N)ncnc2N)c1.Cl. The number of nitrogens with one attached hydrogen (secondary N) is 1. The first kappa shape index (κ1) is 16.5. The molecule has 0 bridgehead atoms. The van der Waals surface area contributed by atoms with Crippen molar-refractivity contribution in [3.05, 3.63) is 36.2 Å². The predicted octanol–water partition coefficient (Wildman–Crippen LogP) is 1.25. The molecule has 0 saturated carbocycles. The quantitative estimate of drug-likeness (QED) is 0.782. The summed E-state index contributed by atoms with van der Waals surface area (Å²) in [6, 6.07) is 7.24. The van der Waals surface area contributed by atoms with Crippen LogP contribution in [0, 0.1) is 0 Å². The number of hydrogen-bond donors (Lipinski definition) is 3. The molecule has 112 valence electrons. The standard InChI is InChI=1S/C13H15N5O2.ClH/c1-20-9-4-2-3-8(5-9)6-10(19)18-11-12(14)16-7-17-13(11)15;/h2-5,7H,6H2,1H3,(H,18,19)(H4,14,15,16,17);1H. The molecule has 0 aliphatic heterocycles. The maximum Gasteiger partial charge on any atom is 0.228 e. The normalized spacial score (nSPS) is 9.57. The number of methoxy groups -OCH3 is 1. The minimum atomic E-state index is -0.258. The summed E-state index contributed by atoms with van der Waals surface area (Å²) >= 11 is 0. The Morgan fingerprint density at radius 2 is 1.95 bits per heavy atom. The van der Waals surface area contributed by atoms with Gasteiger partial charge in [0.2, 0.25) is 5.91 Å². The lowest BCUT2D eigenvalue weighted by atomic mass is 10.1. The van der Waals surface area contributed by atoms with E-state index in [1.165, 1.54) is 6.33 Å². The summed E-state index contributed by atoms with van der Waals surface area (Å²) in [5, 5.41) is 2.61. The van der Waals surface area contributed by atoms with E-state index in [-0.39, 0.29) is 42.1 Å². The summed E-state index contributed by atoms with van der Waals surface area (Å²) < 4.78 is 5.10. The van der Waals surface area contributed by atoms with Gasteiger partial charge < -0.3 is 21.5 Å². The Labute approximate surface area is 128 Å². The Hall–Kier alpha value is -2.54. The van der Waals surface area contributed by atoms with Crippen LogP contribution in [-0.4, -0.2) is 23.0 Å². The van der Waals surface area contributed by atoms with Crippen LogP contribution >= 0.6 is 12.4 Å². The van der Waals surface area contributed by atoms with Crippen molar-refractivity contribution < 1.29 is 9.53 Å². The number of nitrogen functional groups attached to an aromatic ring is 2. The fourth-order valence-corrected chi connectivity index (χ4v) is 1.69. The molecule has 2 aromatic rings. The predicted molar refractivity (Wildman–Crippen MR) is 83.4 cm³/mol. The highest BCUT2D eigenvalue weighted by Crippen LogP contribution is 2.21. The smallest absolute Gasteiger partial charge is 0.228 e. The number of benzene rings is 1. The van der Waals surface area contributed by atoms with Crippen molar-refractivity contribution in [3.63, 3.8) is 0 Å². The Bertz CT molecular complexity index is 615. The lowest BCUT2D eigenvalue weighted by molar-refractivity contribution is -0.115. The average Bonchev–Trinajstić information content (AvgIpc) is 2.43. The second kappa shape index (κ2) is 7.30. The van der Waals surface area contributed by atoms with E-state index in [1.54, 1.807) is 13.2 Å². The van der Waals surface area contributed by atoms with Crippen molar-refractivity contribution in [2.24, 2.45) is 0 Å². The minimum Gasteiger partial charge on any atom is -0.497 e. The maximum atomic E-state index is 12.0. The van der Waals surface area contributed by atoms with Gasteiger partial charge in [-0.3, -0.25) is 4.79 Å². The second-order valence-electron chi connectivity index (χ2n) is 4.10. The fourth-order valence-electron chi connectivity index (χ4n) is 1.69. The number of amides is 1. The molecular formula is C13H16ClN5O2. The van der Waals surface area contributed by atoms with Crippen LogP contribution in [0.5, 0.6) is 5.75 Å². The summed E-state index contributed by atoms with van der Waals surface area (Å²) in [5.41, 5.74) is 12.3. The second-order valence-corrected chi connectivity index (χ2v) is 4.10. The van der Waals surface area contributed by atoms with E-state index in [0.717, 1.165) is 5.56 Å². The summed E-state index contributed by atoms with van der Waals surface area (Å²) in [7, 11) is 1.57. The minimum absolute atomic E-state index is 0. The lowest BCUT2D eigenvalue weighted by Gasteiger charge is -2.09. The fraction of sp³-hybridized carbons (Fsp3) is 0.154. The number of carbonyl (C=O) groups excluding carboxylic acids is 1. The molecule has 7 nitrogen and oxygen atoms in total. The molecule has 1 heterocycles. The molecule has 0 spiro atoms. The van der Waals surface area contributed by atoms with Crippen LogP contribution in [0.1, 0.15) is 5.56 Å². The van der Waals surface area contributed by atoms with Crippen molar-refractivity contribution in [3.8, 4) is 5.75 Å². The molecule has 1 aromatic carbocycles. The van der Waals surface area contributed by atoms with E-state index in [4.69, 9.17) is 16.2 Å². The number of aromatic nitrogens is 2. The van der Waals surface area contributed by atoms with Gasteiger partial charge in [-0.05, 0) is 17.7 Å². The molecule has 2 rings (SSSR count). The molecule has 0 aliphatic carbocycles. The summed E-state index contributed by atoms with van der Waals surface area (Å²) in [6.07, 6.45) is 1.41. The zero-order valence-electron chi connectivity index (χ0n) is 11.4. The van der Waals surface area contributed by atoms with Crippen LogP contribution < -0.4 is 21.5 Å². The van der Waals surface area contributed by atoms with E-state index < -0.39 is 0 Å². The molecule has 0 aliphatic rings. The van der Waals surface area contributed by atoms with Gasteiger partial charge >= 0.3 is 0 Å². The van der Waals surface area contributed by atoms with Crippen LogP contribution in [0.25, 0.3) is 0 Å². The highest BCUT2D eigenvalue weighted by molar-refractivity contribution is 5.97. The van der Waals surface area contributed by atoms with Crippen LogP contribution in [-0.2, 0) is 11.2 Å². The number of ether oxygens (including phenoxy) is 1. The molecule has 21 heavy (non-hydrogen) atoms. The van der Waals surface area contributed by atoms with Gasteiger partial charge in [-0.25, -0.2) is 9.97 Å². The van der Waals surface area contributed by atoms with Gasteiger partial charge in [0, 0.05) is 0 Å². The zero-order chi connectivity index (χ0) is 14.5.